The summed E-state index contributed by atoms with van der Waals surface area (Å²) < 4.78 is 23.6. The van der Waals surface area contributed by atoms with Crippen LogP contribution in [0.15, 0.2) is 64.4 Å². The van der Waals surface area contributed by atoms with E-state index in [4.69, 9.17) is 5.14 Å². The second-order valence-corrected chi connectivity index (χ2v) is 9.27. The van der Waals surface area contributed by atoms with Gasteiger partial charge in [-0.15, -0.1) is 0 Å². The average molecular weight is 440 g/mol. The normalized spacial score (nSPS) is 20.2. The zero-order valence-corrected chi connectivity index (χ0v) is 18.6. The van der Waals surface area contributed by atoms with Crippen molar-refractivity contribution in [3.63, 3.8) is 0 Å². The number of sulfonamides is 1. The number of rotatable bonds is 5. The SMILES string of the molecule is Cc1ccc(Nc2nccc(N(C)C3=CC4=NN(C)C(C)C4C=C3)n2)cc1S(N)(=O)=O. The number of allylic oxidation sites excluding steroid dienone is 2. The van der Waals surface area contributed by atoms with Crippen molar-refractivity contribution in [2.45, 2.75) is 24.8 Å². The number of aromatic nitrogens is 2. The topological polar surface area (TPSA) is 117 Å². The number of nitrogens with zero attached hydrogens (tertiary/aromatic N) is 5. The number of primary sulfonamides is 1. The molecule has 0 amide bonds. The van der Waals surface area contributed by atoms with Gasteiger partial charge in [-0.3, -0.25) is 5.01 Å². The van der Waals surface area contributed by atoms with Gasteiger partial charge in [-0.25, -0.2) is 18.5 Å². The lowest BCUT2D eigenvalue weighted by Crippen LogP contribution is -2.28. The van der Waals surface area contributed by atoms with Crippen LogP contribution in [0.3, 0.4) is 0 Å². The molecule has 2 heterocycles. The summed E-state index contributed by atoms with van der Waals surface area (Å²) in [5.74, 6) is 1.32. The molecule has 1 aromatic carbocycles. The third-order valence-electron chi connectivity index (χ3n) is 5.62. The fourth-order valence-electron chi connectivity index (χ4n) is 3.66. The lowest BCUT2D eigenvalue weighted by Gasteiger charge is -2.24. The summed E-state index contributed by atoms with van der Waals surface area (Å²) in [5, 5.41) is 15.0. The number of hydrogen-bond acceptors (Lipinski definition) is 8. The maximum absolute atomic E-state index is 11.8. The van der Waals surface area contributed by atoms with Crippen LogP contribution < -0.4 is 15.4 Å². The summed E-state index contributed by atoms with van der Waals surface area (Å²) in [6, 6.07) is 7.06. The van der Waals surface area contributed by atoms with Crippen molar-refractivity contribution in [2.24, 2.45) is 16.2 Å². The molecule has 2 aromatic rings. The van der Waals surface area contributed by atoms with Crippen LogP contribution in [-0.2, 0) is 10.0 Å². The van der Waals surface area contributed by atoms with E-state index in [1.807, 2.05) is 30.1 Å². The van der Waals surface area contributed by atoms with Gasteiger partial charge in [-0.2, -0.15) is 10.1 Å². The van der Waals surface area contributed by atoms with Crippen molar-refractivity contribution in [3.05, 3.63) is 60.0 Å². The first-order valence-electron chi connectivity index (χ1n) is 9.82. The highest BCUT2D eigenvalue weighted by Crippen LogP contribution is 2.29. The molecule has 0 spiro atoms. The van der Waals surface area contributed by atoms with Gasteiger partial charge < -0.3 is 10.2 Å². The van der Waals surface area contributed by atoms with Crippen LogP contribution in [0.2, 0.25) is 0 Å². The molecule has 1 aliphatic heterocycles. The summed E-state index contributed by atoms with van der Waals surface area (Å²) >= 11 is 0. The Morgan fingerprint density at radius 1 is 1.26 bits per heavy atom. The zero-order valence-electron chi connectivity index (χ0n) is 17.8. The number of hydrogen-bond donors (Lipinski definition) is 2. The van der Waals surface area contributed by atoms with Crippen LogP contribution in [0, 0.1) is 12.8 Å². The Labute approximate surface area is 182 Å². The van der Waals surface area contributed by atoms with Crippen molar-refractivity contribution < 1.29 is 8.42 Å². The van der Waals surface area contributed by atoms with E-state index in [9.17, 15) is 8.42 Å². The predicted octanol–water partition coefficient (Wildman–Crippen LogP) is 2.37. The van der Waals surface area contributed by atoms with Gasteiger partial charge in [-0.05, 0) is 49.8 Å². The number of benzene rings is 1. The lowest BCUT2D eigenvalue weighted by atomic mass is 9.92. The fraction of sp³-hybridized carbons (Fsp3) is 0.286. The van der Waals surface area contributed by atoms with Gasteiger partial charge in [-0.1, -0.05) is 12.1 Å². The first-order valence-corrected chi connectivity index (χ1v) is 11.4. The molecule has 2 atom stereocenters. The van der Waals surface area contributed by atoms with Crippen LogP contribution in [0.4, 0.5) is 17.5 Å². The molecule has 2 aliphatic rings. The molecule has 9 nitrogen and oxygen atoms in total. The Hall–Kier alpha value is -3.24. The van der Waals surface area contributed by atoms with Crippen LogP contribution in [0.25, 0.3) is 0 Å². The summed E-state index contributed by atoms with van der Waals surface area (Å²) in [6.45, 7) is 3.85. The third kappa shape index (κ3) is 4.17. The van der Waals surface area contributed by atoms with Gasteiger partial charge in [0.2, 0.25) is 16.0 Å². The van der Waals surface area contributed by atoms with Crippen molar-refractivity contribution in [2.75, 3.05) is 24.3 Å². The van der Waals surface area contributed by atoms with Gasteiger partial charge in [0.25, 0.3) is 0 Å². The first kappa shape index (κ1) is 21.0. The summed E-state index contributed by atoms with van der Waals surface area (Å²) in [7, 11) is 0.0905. The summed E-state index contributed by atoms with van der Waals surface area (Å²) in [4.78, 5) is 10.8. The highest BCUT2D eigenvalue weighted by molar-refractivity contribution is 7.89. The molecule has 1 aliphatic carbocycles. The second-order valence-electron chi connectivity index (χ2n) is 7.74. The monoisotopic (exact) mass is 439 g/mol. The van der Waals surface area contributed by atoms with E-state index in [1.54, 1.807) is 25.3 Å². The minimum absolute atomic E-state index is 0.0642. The Morgan fingerprint density at radius 3 is 2.77 bits per heavy atom. The number of fused-ring (bicyclic) bond motifs is 1. The zero-order chi connectivity index (χ0) is 22.3. The molecule has 0 radical (unpaired) electrons. The smallest absolute Gasteiger partial charge is 0.238 e. The van der Waals surface area contributed by atoms with Gasteiger partial charge in [0.1, 0.15) is 5.82 Å². The molecule has 0 saturated heterocycles. The Bertz CT molecular complexity index is 1220. The minimum atomic E-state index is -3.82. The van der Waals surface area contributed by atoms with E-state index in [2.05, 4.69) is 45.5 Å². The number of hydrazone groups is 1. The van der Waals surface area contributed by atoms with Gasteiger partial charge in [0.05, 0.1) is 16.6 Å². The Morgan fingerprint density at radius 2 is 2.03 bits per heavy atom. The van der Waals surface area contributed by atoms with Crippen LogP contribution in [-0.4, -0.2) is 49.2 Å². The quantitative estimate of drug-likeness (QED) is 0.734. The molecule has 0 bridgehead atoms. The highest BCUT2D eigenvalue weighted by atomic mass is 32.2. The van der Waals surface area contributed by atoms with E-state index in [0.29, 0.717) is 35.0 Å². The molecular weight excluding hydrogens is 414 g/mol. The van der Waals surface area contributed by atoms with Gasteiger partial charge in [0, 0.05) is 37.6 Å². The van der Waals surface area contributed by atoms with Gasteiger partial charge >= 0.3 is 0 Å². The summed E-state index contributed by atoms with van der Waals surface area (Å²) in [6.07, 6.45) is 7.96. The minimum Gasteiger partial charge on any atom is -0.329 e. The largest absolute Gasteiger partial charge is 0.329 e. The molecule has 4 rings (SSSR count). The number of nitrogens with two attached hydrogens (primary N) is 1. The van der Waals surface area contributed by atoms with Crippen molar-refractivity contribution in [1.29, 1.82) is 0 Å². The molecular formula is C21H25N7O2S. The third-order valence-corrected chi connectivity index (χ3v) is 6.67. The van der Waals surface area contributed by atoms with E-state index in [0.717, 1.165) is 11.4 Å². The van der Waals surface area contributed by atoms with E-state index < -0.39 is 10.0 Å². The lowest BCUT2D eigenvalue weighted by molar-refractivity contribution is 0.281. The summed E-state index contributed by atoms with van der Waals surface area (Å²) in [5.41, 5.74) is 3.11. The number of likely N-dealkylation sites (N-methyl/N-ethyl adjacent to an activating group) is 1. The van der Waals surface area contributed by atoms with Crippen LogP contribution in [0.1, 0.15) is 12.5 Å². The molecule has 3 N–H and O–H groups in total. The molecule has 1 aromatic heterocycles. The molecule has 2 unspecified atom stereocenters. The molecule has 31 heavy (non-hydrogen) atoms. The Kier molecular flexibility index (Phi) is 5.28. The second kappa shape index (κ2) is 7.78. The van der Waals surface area contributed by atoms with Crippen molar-refractivity contribution in [3.8, 4) is 0 Å². The van der Waals surface area contributed by atoms with E-state index in [1.165, 1.54) is 6.07 Å². The number of nitrogens with one attached hydrogen (secondary N) is 1. The number of anilines is 3. The molecule has 0 fully saturated rings. The van der Waals surface area contributed by atoms with Gasteiger partial charge in [0.15, 0.2) is 0 Å². The van der Waals surface area contributed by atoms with Crippen LogP contribution in [0.5, 0.6) is 0 Å². The molecule has 10 heteroatoms. The van der Waals surface area contributed by atoms with E-state index in [-0.39, 0.29) is 4.90 Å². The number of aryl methyl sites for hydroxylation is 1. The predicted molar refractivity (Wildman–Crippen MR) is 122 cm³/mol. The fourth-order valence-corrected chi connectivity index (χ4v) is 4.46. The average Bonchev–Trinajstić information content (AvgIpc) is 3.01. The van der Waals surface area contributed by atoms with Crippen molar-refractivity contribution >= 4 is 33.2 Å². The Balaban J connectivity index is 1.57. The van der Waals surface area contributed by atoms with Crippen molar-refractivity contribution in [1.82, 2.24) is 15.0 Å². The highest BCUT2D eigenvalue weighted by Gasteiger charge is 2.31. The van der Waals surface area contributed by atoms with E-state index >= 15 is 0 Å². The van der Waals surface area contributed by atoms with Crippen LogP contribution >= 0.6 is 0 Å². The standard InChI is InChI=1S/C21H25N7O2S/c1-13-5-6-15(11-19(13)31(22,29)30)24-21-23-10-9-20(25-21)27(3)16-7-8-17-14(2)28(4)26-18(17)12-16/h5-12,14,17H,1-4H3,(H2,22,29,30)(H,23,24,25). The maximum atomic E-state index is 11.8. The molecule has 0 saturated carbocycles. The molecule has 162 valence electrons. The first-order chi connectivity index (χ1) is 14.6. The maximum Gasteiger partial charge on any atom is 0.238 e.